The fraction of sp³-hybridized carbons (Fsp3) is 0.917. The zero-order chi connectivity index (χ0) is 12.3. The van der Waals surface area contributed by atoms with E-state index < -0.39 is 5.97 Å². The summed E-state index contributed by atoms with van der Waals surface area (Å²) in [5, 5.41) is 8.96. The topological polar surface area (TPSA) is 43.8 Å². The molecule has 1 aliphatic rings. The van der Waals surface area contributed by atoms with Gasteiger partial charge >= 0.3 is 5.97 Å². The van der Waals surface area contributed by atoms with Crippen molar-refractivity contribution in [1.29, 1.82) is 0 Å². The standard InChI is InChI=1S/C12H24N2O2/c1-5-6-14-10(7-11(15)16)8-13(4)9-12(14,2)3/h10H,5-9H2,1-4H3,(H,15,16). The second-order valence-corrected chi connectivity index (χ2v) is 5.45. The van der Waals surface area contributed by atoms with Gasteiger partial charge in [-0.1, -0.05) is 6.92 Å². The highest BCUT2D eigenvalue weighted by atomic mass is 16.4. The van der Waals surface area contributed by atoms with Gasteiger partial charge in [0.1, 0.15) is 0 Å². The van der Waals surface area contributed by atoms with Gasteiger partial charge in [0, 0.05) is 24.7 Å². The Labute approximate surface area is 98.2 Å². The van der Waals surface area contributed by atoms with E-state index in [1.807, 2.05) is 0 Å². The molecule has 0 amide bonds. The molecule has 0 aromatic carbocycles. The molecule has 0 saturated carbocycles. The summed E-state index contributed by atoms with van der Waals surface area (Å²) in [6, 6.07) is 0.145. The number of likely N-dealkylation sites (N-methyl/N-ethyl adjacent to an activating group) is 1. The van der Waals surface area contributed by atoms with Gasteiger partial charge in [0.2, 0.25) is 0 Å². The van der Waals surface area contributed by atoms with Crippen LogP contribution in [0.3, 0.4) is 0 Å². The highest BCUT2D eigenvalue weighted by Crippen LogP contribution is 2.26. The average molecular weight is 228 g/mol. The first-order valence-corrected chi connectivity index (χ1v) is 6.04. The second kappa shape index (κ2) is 5.15. The molecular formula is C12H24N2O2. The first-order chi connectivity index (χ1) is 7.36. The van der Waals surface area contributed by atoms with Crippen LogP contribution >= 0.6 is 0 Å². The summed E-state index contributed by atoms with van der Waals surface area (Å²) >= 11 is 0. The Hall–Kier alpha value is -0.610. The summed E-state index contributed by atoms with van der Waals surface area (Å²) in [6.45, 7) is 9.39. The Morgan fingerprint density at radius 3 is 2.62 bits per heavy atom. The molecule has 0 bridgehead atoms. The van der Waals surface area contributed by atoms with Gasteiger partial charge in [0.15, 0.2) is 0 Å². The molecule has 1 saturated heterocycles. The van der Waals surface area contributed by atoms with E-state index in [0.29, 0.717) is 0 Å². The molecule has 1 heterocycles. The molecule has 1 aliphatic heterocycles. The van der Waals surface area contributed by atoms with Crippen LogP contribution in [0.1, 0.15) is 33.6 Å². The molecule has 1 fully saturated rings. The highest BCUT2D eigenvalue weighted by molar-refractivity contribution is 5.67. The van der Waals surface area contributed by atoms with Crippen molar-refractivity contribution in [2.24, 2.45) is 0 Å². The molecule has 1 rings (SSSR count). The largest absolute Gasteiger partial charge is 0.481 e. The van der Waals surface area contributed by atoms with Crippen molar-refractivity contribution in [3.8, 4) is 0 Å². The van der Waals surface area contributed by atoms with Crippen LogP contribution < -0.4 is 0 Å². The van der Waals surface area contributed by atoms with Crippen LogP contribution in [-0.2, 0) is 4.79 Å². The summed E-state index contributed by atoms with van der Waals surface area (Å²) in [6.07, 6.45) is 1.32. The SMILES string of the molecule is CCCN1C(CC(=O)O)CN(C)CC1(C)C. The van der Waals surface area contributed by atoms with Crippen LogP contribution in [0.15, 0.2) is 0 Å². The minimum atomic E-state index is -0.697. The van der Waals surface area contributed by atoms with E-state index in [2.05, 4.69) is 37.6 Å². The van der Waals surface area contributed by atoms with Gasteiger partial charge in [-0.25, -0.2) is 0 Å². The maximum absolute atomic E-state index is 10.9. The van der Waals surface area contributed by atoms with Crippen LogP contribution in [0.25, 0.3) is 0 Å². The highest BCUT2D eigenvalue weighted by Gasteiger charge is 2.38. The van der Waals surface area contributed by atoms with Crippen LogP contribution in [0, 0.1) is 0 Å². The van der Waals surface area contributed by atoms with Crippen molar-refractivity contribution in [3.63, 3.8) is 0 Å². The third kappa shape index (κ3) is 3.19. The molecule has 0 aromatic heterocycles. The van der Waals surface area contributed by atoms with Crippen LogP contribution in [0.4, 0.5) is 0 Å². The zero-order valence-corrected chi connectivity index (χ0v) is 10.9. The lowest BCUT2D eigenvalue weighted by molar-refractivity contribution is -0.140. The van der Waals surface area contributed by atoms with E-state index in [1.54, 1.807) is 0 Å². The molecule has 16 heavy (non-hydrogen) atoms. The third-order valence-corrected chi connectivity index (χ3v) is 3.27. The lowest BCUT2D eigenvalue weighted by atomic mass is 9.93. The molecule has 4 nitrogen and oxygen atoms in total. The van der Waals surface area contributed by atoms with Gasteiger partial charge in [-0.2, -0.15) is 0 Å². The molecule has 0 radical (unpaired) electrons. The van der Waals surface area contributed by atoms with Crippen molar-refractivity contribution in [3.05, 3.63) is 0 Å². The number of nitrogens with zero attached hydrogens (tertiary/aromatic N) is 2. The Kier molecular flexibility index (Phi) is 4.33. The first-order valence-electron chi connectivity index (χ1n) is 6.04. The molecule has 0 aromatic rings. The number of piperazine rings is 1. The Bertz CT molecular complexity index is 253. The molecule has 0 spiro atoms. The quantitative estimate of drug-likeness (QED) is 0.787. The van der Waals surface area contributed by atoms with Gasteiger partial charge in [0.25, 0.3) is 0 Å². The molecule has 1 atom stereocenters. The minimum Gasteiger partial charge on any atom is -0.481 e. The van der Waals surface area contributed by atoms with E-state index >= 15 is 0 Å². The fourth-order valence-electron chi connectivity index (χ4n) is 2.87. The summed E-state index contributed by atoms with van der Waals surface area (Å²) < 4.78 is 0. The normalized spacial score (nSPS) is 26.9. The zero-order valence-electron chi connectivity index (χ0n) is 10.9. The number of hydrogen-bond acceptors (Lipinski definition) is 3. The Balaban J connectivity index is 2.79. The Morgan fingerprint density at radius 1 is 1.50 bits per heavy atom. The average Bonchev–Trinajstić information content (AvgIpc) is 2.08. The van der Waals surface area contributed by atoms with Crippen LogP contribution in [-0.4, -0.2) is 59.1 Å². The number of carbonyl (C=O) groups is 1. The molecule has 94 valence electrons. The number of carboxylic acid groups (broad SMARTS) is 1. The van der Waals surface area contributed by atoms with Gasteiger partial charge in [0.05, 0.1) is 6.42 Å². The van der Waals surface area contributed by atoms with Crippen molar-refractivity contribution in [1.82, 2.24) is 9.80 Å². The maximum atomic E-state index is 10.9. The minimum absolute atomic E-state index is 0.0725. The van der Waals surface area contributed by atoms with Crippen molar-refractivity contribution in [2.45, 2.75) is 45.2 Å². The van der Waals surface area contributed by atoms with Gasteiger partial charge in [-0.05, 0) is 33.9 Å². The molecule has 0 aliphatic carbocycles. The van der Waals surface area contributed by atoms with Crippen molar-refractivity contribution < 1.29 is 9.90 Å². The maximum Gasteiger partial charge on any atom is 0.304 e. The van der Waals surface area contributed by atoms with Crippen molar-refractivity contribution in [2.75, 3.05) is 26.7 Å². The number of rotatable bonds is 4. The predicted molar refractivity (Wildman–Crippen MR) is 64.6 cm³/mol. The fourth-order valence-corrected chi connectivity index (χ4v) is 2.87. The molecule has 1 N–H and O–H groups in total. The molecular weight excluding hydrogens is 204 g/mol. The Morgan fingerprint density at radius 2 is 2.12 bits per heavy atom. The van der Waals surface area contributed by atoms with Gasteiger partial charge in [-0.3, -0.25) is 9.69 Å². The van der Waals surface area contributed by atoms with Crippen LogP contribution in [0.2, 0.25) is 0 Å². The smallest absolute Gasteiger partial charge is 0.304 e. The van der Waals surface area contributed by atoms with E-state index in [4.69, 9.17) is 5.11 Å². The van der Waals surface area contributed by atoms with Crippen molar-refractivity contribution >= 4 is 5.97 Å². The van der Waals surface area contributed by atoms with Gasteiger partial charge in [-0.15, -0.1) is 0 Å². The number of hydrogen-bond donors (Lipinski definition) is 1. The van der Waals surface area contributed by atoms with Crippen LogP contribution in [0.5, 0.6) is 0 Å². The molecule has 4 heteroatoms. The monoisotopic (exact) mass is 228 g/mol. The number of aliphatic carboxylic acids is 1. The van der Waals surface area contributed by atoms with E-state index in [0.717, 1.165) is 26.1 Å². The number of carboxylic acids is 1. The second-order valence-electron chi connectivity index (χ2n) is 5.45. The lowest BCUT2D eigenvalue weighted by Crippen LogP contribution is -2.63. The third-order valence-electron chi connectivity index (χ3n) is 3.27. The summed E-state index contributed by atoms with van der Waals surface area (Å²) in [5.74, 6) is -0.697. The summed E-state index contributed by atoms with van der Waals surface area (Å²) in [4.78, 5) is 15.5. The summed E-state index contributed by atoms with van der Waals surface area (Å²) in [7, 11) is 2.07. The summed E-state index contributed by atoms with van der Waals surface area (Å²) in [5.41, 5.74) is 0.0725. The van der Waals surface area contributed by atoms with E-state index in [1.165, 1.54) is 0 Å². The first kappa shape index (κ1) is 13.5. The van der Waals surface area contributed by atoms with E-state index in [-0.39, 0.29) is 18.0 Å². The lowest BCUT2D eigenvalue weighted by Gasteiger charge is -2.50. The van der Waals surface area contributed by atoms with Gasteiger partial charge < -0.3 is 10.0 Å². The van der Waals surface area contributed by atoms with E-state index in [9.17, 15) is 4.79 Å². The predicted octanol–water partition coefficient (Wildman–Crippen LogP) is 1.27. The molecule has 1 unspecified atom stereocenters.